The minimum absolute atomic E-state index is 0.0419. The van der Waals surface area contributed by atoms with Crippen molar-refractivity contribution in [2.24, 2.45) is 0 Å². The van der Waals surface area contributed by atoms with Crippen molar-refractivity contribution >= 4 is 35.3 Å². The highest BCUT2D eigenvalue weighted by Crippen LogP contribution is 2.36. The van der Waals surface area contributed by atoms with Gasteiger partial charge in [-0.3, -0.25) is 25.0 Å². The number of allylic oxidation sites excluding steroid dienone is 1. The van der Waals surface area contributed by atoms with Crippen LogP contribution in [-0.4, -0.2) is 29.4 Å². The van der Waals surface area contributed by atoms with Crippen molar-refractivity contribution in [3.63, 3.8) is 0 Å². The number of nitrogens with one attached hydrogen (secondary N) is 1. The minimum atomic E-state index is -0.826. The summed E-state index contributed by atoms with van der Waals surface area (Å²) in [5, 5.41) is 13.4. The molecule has 210 valence electrons. The number of rotatable bonds is 10. The highest BCUT2D eigenvalue weighted by Gasteiger charge is 2.37. The molecule has 1 heterocycles. The Morgan fingerprint density at radius 1 is 1.02 bits per heavy atom. The first-order chi connectivity index (χ1) is 19.6. The average Bonchev–Trinajstić information content (AvgIpc) is 2.93. The molecule has 0 aromatic heterocycles. The molecular formula is C31H29N3O7. The molecule has 0 spiro atoms. The largest absolute Gasteiger partial charge is 0.490 e. The van der Waals surface area contributed by atoms with Gasteiger partial charge in [-0.15, -0.1) is 6.58 Å². The number of carbonyl (C=O) groups excluding carboxylic acids is 3. The highest BCUT2D eigenvalue weighted by atomic mass is 16.6. The Morgan fingerprint density at radius 2 is 1.80 bits per heavy atom. The highest BCUT2D eigenvalue weighted by molar-refractivity contribution is 6.39. The van der Waals surface area contributed by atoms with E-state index in [-0.39, 0.29) is 17.9 Å². The molecule has 0 bridgehead atoms. The molecule has 1 fully saturated rings. The van der Waals surface area contributed by atoms with Crippen LogP contribution in [0.3, 0.4) is 0 Å². The number of nitro benzene ring substituents is 1. The van der Waals surface area contributed by atoms with Gasteiger partial charge in [-0.25, -0.2) is 9.69 Å². The van der Waals surface area contributed by atoms with Gasteiger partial charge in [0.25, 0.3) is 17.5 Å². The number of nitrogens with zero attached hydrogens (tertiary/aromatic N) is 2. The standard InChI is InChI=1S/C31H29N3O7/c1-5-8-23-14-22(17-27(40-6-2)28(23)41-18-21-9-7-10-25(15-21)34(38)39)16-26-29(35)32-31(37)33(30(26)36)24-12-11-19(3)20(4)13-24/h5,7,9-17H,1,6,8,18H2,2-4H3,(H,32,35,37)/b26-16+. The first kappa shape index (κ1) is 28.8. The summed E-state index contributed by atoms with van der Waals surface area (Å²) in [6, 6.07) is 13.8. The molecule has 0 radical (unpaired) electrons. The summed E-state index contributed by atoms with van der Waals surface area (Å²) in [6.07, 6.45) is 3.44. The van der Waals surface area contributed by atoms with Crippen LogP contribution in [0.15, 0.2) is 72.8 Å². The normalized spacial score (nSPS) is 14.2. The predicted octanol–water partition coefficient (Wildman–Crippen LogP) is 5.58. The molecule has 1 N–H and O–H groups in total. The summed E-state index contributed by atoms with van der Waals surface area (Å²) >= 11 is 0. The Bertz CT molecular complexity index is 1590. The molecule has 1 aliphatic rings. The summed E-state index contributed by atoms with van der Waals surface area (Å²) in [6.45, 7) is 9.73. The number of anilines is 1. The fourth-order valence-electron chi connectivity index (χ4n) is 4.34. The van der Waals surface area contributed by atoms with Crippen molar-refractivity contribution in [1.82, 2.24) is 5.32 Å². The molecule has 0 atom stereocenters. The lowest BCUT2D eigenvalue weighted by Gasteiger charge is -2.27. The summed E-state index contributed by atoms with van der Waals surface area (Å²) in [5.41, 5.74) is 3.69. The molecule has 1 aliphatic heterocycles. The van der Waals surface area contributed by atoms with Crippen molar-refractivity contribution in [3.8, 4) is 11.5 Å². The van der Waals surface area contributed by atoms with Gasteiger partial charge in [0.05, 0.1) is 17.2 Å². The van der Waals surface area contributed by atoms with Crippen molar-refractivity contribution in [2.75, 3.05) is 11.5 Å². The van der Waals surface area contributed by atoms with Crippen molar-refractivity contribution < 1.29 is 28.8 Å². The van der Waals surface area contributed by atoms with Crippen molar-refractivity contribution in [2.45, 2.75) is 33.8 Å². The lowest BCUT2D eigenvalue weighted by atomic mass is 10.0. The quantitative estimate of drug-likeness (QED) is 0.114. The van der Waals surface area contributed by atoms with E-state index in [0.717, 1.165) is 16.0 Å². The summed E-state index contributed by atoms with van der Waals surface area (Å²) in [7, 11) is 0. The molecule has 10 heteroatoms. The maximum absolute atomic E-state index is 13.4. The summed E-state index contributed by atoms with van der Waals surface area (Å²) in [4.78, 5) is 50.5. The van der Waals surface area contributed by atoms with Gasteiger partial charge in [-0.05, 0) is 79.8 Å². The molecule has 0 unspecified atom stereocenters. The number of barbiturate groups is 1. The monoisotopic (exact) mass is 555 g/mol. The number of hydrogen-bond donors (Lipinski definition) is 1. The molecule has 4 amide bonds. The zero-order valence-corrected chi connectivity index (χ0v) is 22.9. The molecular weight excluding hydrogens is 526 g/mol. The smallest absolute Gasteiger partial charge is 0.335 e. The summed E-state index contributed by atoms with van der Waals surface area (Å²) < 4.78 is 11.9. The van der Waals surface area contributed by atoms with E-state index in [1.165, 1.54) is 18.2 Å². The molecule has 4 rings (SSSR count). The minimum Gasteiger partial charge on any atom is -0.490 e. The fraction of sp³-hybridized carbons (Fsp3) is 0.194. The van der Waals surface area contributed by atoms with Crippen LogP contribution in [0.4, 0.5) is 16.2 Å². The van der Waals surface area contributed by atoms with E-state index in [1.807, 2.05) is 13.8 Å². The Balaban J connectivity index is 1.71. The lowest BCUT2D eigenvalue weighted by molar-refractivity contribution is -0.384. The molecule has 0 aliphatic carbocycles. The maximum Gasteiger partial charge on any atom is 0.335 e. The van der Waals surface area contributed by atoms with E-state index in [9.17, 15) is 24.5 Å². The third-order valence-corrected chi connectivity index (χ3v) is 6.48. The van der Waals surface area contributed by atoms with E-state index < -0.39 is 22.8 Å². The topological polar surface area (TPSA) is 128 Å². The molecule has 0 saturated carbocycles. The number of hydrogen-bond acceptors (Lipinski definition) is 7. The van der Waals surface area contributed by atoms with Crippen LogP contribution in [0.1, 0.15) is 34.7 Å². The van der Waals surface area contributed by atoms with Gasteiger partial charge in [-0.1, -0.05) is 24.3 Å². The van der Waals surface area contributed by atoms with Gasteiger partial charge in [0.2, 0.25) is 0 Å². The van der Waals surface area contributed by atoms with Crippen LogP contribution < -0.4 is 19.7 Å². The van der Waals surface area contributed by atoms with Crippen LogP contribution >= 0.6 is 0 Å². The second-order valence-corrected chi connectivity index (χ2v) is 9.38. The van der Waals surface area contributed by atoms with E-state index in [4.69, 9.17) is 9.47 Å². The second-order valence-electron chi connectivity index (χ2n) is 9.38. The predicted molar refractivity (Wildman–Crippen MR) is 154 cm³/mol. The Kier molecular flexibility index (Phi) is 8.62. The zero-order chi connectivity index (χ0) is 29.7. The molecule has 3 aromatic rings. The number of nitro groups is 1. The van der Waals surface area contributed by atoms with E-state index in [0.29, 0.717) is 46.9 Å². The van der Waals surface area contributed by atoms with Crippen molar-refractivity contribution in [3.05, 3.63) is 111 Å². The lowest BCUT2D eigenvalue weighted by Crippen LogP contribution is -2.54. The van der Waals surface area contributed by atoms with E-state index in [1.54, 1.807) is 55.5 Å². The Labute approximate surface area is 237 Å². The number of benzene rings is 3. The SMILES string of the molecule is C=CCc1cc(/C=C2\C(=O)NC(=O)N(c3ccc(C)c(C)c3)C2=O)cc(OCC)c1OCc1cccc([N+](=O)[O-])c1. The van der Waals surface area contributed by atoms with E-state index >= 15 is 0 Å². The van der Waals surface area contributed by atoms with Gasteiger partial charge in [0.1, 0.15) is 12.2 Å². The van der Waals surface area contributed by atoms with Gasteiger partial charge in [0, 0.05) is 17.7 Å². The number of aryl methyl sites for hydroxylation is 2. The second kappa shape index (κ2) is 12.3. The third kappa shape index (κ3) is 6.33. The number of non-ortho nitro benzene ring substituents is 1. The maximum atomic E-state index is 13.4. The van der Waals surface area contributed by atoms with Gasteiger partial charge in [0.15, 0.2) is 11.5 Å². The van der Waals surface area contributed by atoms with Gasteiger partial charge < -0.3 is 9.47 Å². The molecule has 1 saturated heterocycles. The number of imide groups is 2. The number of urea groups is 1. The summed E-state index contributed by atoms with van der Waals surface area (Å²) in [5.74, 6) is -0.799. The van der Waals surface area contributed by atoms with Crippen LogP contribution in [-0.2, 0) is 22.6 Å². The number of amides is 4. The third-order valence-electron chi connectivity index (χ3n) is 6.48. The average molecular weight is 556 g/mol. The van der Waals surface area contributed by atoms with Crippen LogP contribution in [0, 0.1) is 24.0 Å². The zero-order valence-electron chi connectivity index (χ0n) is 22.9. The first-order valence-corrected chi connectivity index (χ1v) is 12.9. The fourth-order valence-corrected chi connectivity index (χ4v) is 4.34. The molecule has 3 aromatic carbocycles. The van der Waals surface area contributed by atoms with Crippen LogP contribution in [0.5, 0.6) is 11.5 Å². The van der Waals surface area contributed by atoms with E-state index in [2.05, 4.69) is 11.9 Å². The Hall–Kier alpha value is -5.25. The molecule has 41 heavy (non-hydrogen) atoms. The number of ether oxygens (including phenoxy) is 2. The van der Waals surface area contributed by atoms with Crippen LogP contribution in [0.2, 0.25) is 0 Å². The van der Waals surface area contributed by atoms with Crippen LogP contribution in [0.25, 0.3) is 6.08 Å². The Morgan fingerprint density at radius 3 is 2.49 bits per heavy atom. The molecule has 10 nitrogen and oxygen atoms in total. The first-order valence-electron chi connectivity index (χ1n) is 12.9. The van der Waals surface area contributed by atoms with Gasteiger partial charge >= 0.3 is 6.03 Å². The number of carbonyl (C=O) groups is 3. The van der Waals surface area contributed by atoms with Crippen molar-refractivity contribution in [1.29, 1.82) is 0 Å². The van der Waals surface area contributed by atoms with Gasteiger partial charge in [-0.2, -0.15) is 0 Å².